The molecule has 0 saturated carbocycles. The Morgan fingerprint density at radius 3 is 2.75 bits per heavy atom. The minimum absolute atomic E-state index is 0.0612. The number of hydrogen-bond acceptors (Lipinski definition) is 5. The Morgan fingerprint density at radius 2 is 2.10 bits per heavy atom. The number of ether oxygens (including phenoxy) is 2. The molecule has 7 heteroatoms. The fourth-order valence-corrected chi connectivity index (χ4v) is 1.50. The molecule has 0 bridgehead atoms. The number of methoxy groups -OCH3 is 1. The van der Waals surface area contributed by atoms with Crippen LogP contribution in [0.25, 0.3) is 0 Å². The van der Waals surface area contributed by atoms with Crippen molar-refractivity contribution in [3.05, 3.63) is 41.6 Å². The van der Waals surface area contributed by atoms with E-state index >= 15 is 0 Å². The van der Waals surface area contributed by atoms with Gasteiger partial charge in [0.15, 0.2) is 0 Å². The molecule has 2 aromatic rings. The first-order valence-corrected chi connectivity index (χ1v) is 5.59. The molecule has 1 heterocycles. The van der Waals surface area contributed by atoms with Gasteiger partial charge in [-0.25, -0.2) is 9.78 Å². The molecule has 0 amide bonds. The van der Waals surface area contributed by atoms with Gasteiger partial charge in [0.25, 0.3) is 5.88 Å². The monoisotopic (exact) mass is 278 g/mol. The molecule has 1 aromatic heterocycles. The van der Waals surface area contributed by atoms with E-state index in [0.717, 1.165) is 6.33 Å². The van der Waals surface area contributed by atoms with Crippen LogP contribution in [0.2, 0.25) is 0 Å². The van der Waals surface area contributed by atoms with E-state index in [9.17, 15) is 9.18 Å². The first kappa shape index (κ1) is 13.7. The summed E-state index contributed by atoms with van der Waals surface area (Å²) in [4.78, 5) is 18.4. The summed E-state index contributed by atoms with van der Waals surface area (Å²) < 4.78 is 24.0. The first-order chi connectivity index (χ1) is 9.52. The van der Waals surface area contributed by atoms with Gasteiger partial charge in [0, 0.05) is 6.07 Å². The van der Waals surface area contributed by atoms with Crippen LogP contribution in [0, 0.1) is 12.7 Å². The second-order valence-electron chi connectivity index (χ2n) is 3.85. The summed E-state index contributed by atoms with van der Waals surface area (Å²) in [7, 11) is 1.43. The third kappa shape index (κ3) is 2.66. The van der Waals surface area contributed by atoms with Gasteiger partial charge >= 0.3 is 5.97 Å². The van der Waals surface area contributed by atoms with Gasteiger partial charge in [0.2, 0.25) is 5.82 Å². The average Bonchev–Trinajstić information content (AvgIpc) is 2.43. The van der Waals surface area contributed by atoms with Crippen molar-refractivity contribution in [3.8, 4) is 17.4 Å². The molecule has 0 fully saturated rings. The van der Waals surface area contributed by atoms with Crippen LogP contribution >= 0.6 is 0 Å². The largest absolute Gasteiger partial charge is 0.497 e. The normalized spacial score (nSPS) is 10.2. The van der Waals surface area contributed by atoms with Gasteiger partial charge in [-0.15, -0.1) is 0 Å². The smallest absolute Gasteiger partial charge is 0.339 e. The molecule has 0 aliphatic rings. The van der Waals surface area contributed by atoms with Gasteiger partial charge in [0.05, 0.1) is 12.8 Å². The Bertz CT molecular complexity index is 661. The van der Waals surface area contributed by atoms with Crippen LogP contribution in [-0.4, -0.2) is 28.2 Å². The minimum atomic E-state index is -1.20. The molecular formula is C13H11FN2O4. The van der Waals surface area contributed by atoms with E-state index in [4.69, 9.17) is 14.6 Å². The van der Waals surface area contributed by atoms with E-state index in [1.165, 1.54) is 32.2 Å². The molecule has 2 rings (SSSR count). The van der Waals surface area contributed by atoms with E-state index in [1.807, 2.05) is 0 Å². The summed E-state index contributed by atoms with van der Waals surface area (Å²) in [6.45, 7) is 1.45. The van der Waals surface area contributed by atoms with E-state index in [2.05, 4.69) is 9.97 Å². The van der Waals surface area contributed by atoms with Crippen molar-refractivity contribution in [2.75, 3.05) is 7.11 Å². The Morgan fingerprint density at radius 1 is 1.35 bits per heavy atom. The van der Waals surface area contributed by atoms with Crippen LogP contribution in [0.15, 0.2) is 24.5 Å². The third-order valence-electron chi connectivity index (χ3n) is 2.56. The quantitative estimate of drug-likeness (QED) is 0.924. The lowest BCUT2D eigenvalue weighted by Gasteiger charge is -2.10. The standard InChI is InChI=1S/C13H11FN2O4/c1-7-11(14)12(16-6-15-7)20-10-5-8(19-2)3-4-9(10)13(17)18/h3-6H,1-2H3,(H,17,18). The second kappa shape index (κ2) is 5.52. The molecule has 1 aromatic carbocycles. The Hall–Kier alpha value is -2.70. The van der Waals surface area contributed by atoms with Crippen molar-refractivity contribution in [2.45, 2.75) is 6.92 Å². The summed E-state index contributed by atoms with van der Waals surface area (Å²) in [5.74, 6) is -1.96. The van der Waals surface area contributed by atoms with Gasteiger partial charge in [-0.3, -0.25) is 0 Å². The fraction of sp³-hybridized carbons (Fsp3) is 0.154. The number of nitrogens with zero attached hydrogens (tertiary/aromatic N) is 2. The summed E-state index contributed by atoms with van der Waals surface area (Å²) in [5.41, 5.74) is -0.0174. The maximum absolute atomic E-state index is 13.8. The second-order valence-corrected chi connectivity index (χ2v) is 3.85. The first-order valence-electron chi connectivity index (χ1n) is 5.59. The van der Waals surface area contributed by atoms with E-state index < -0.39 is 11.8 Å². The highest BCUT2D eigenvalue weighted by atomic mass is 19.1. The van der Waals surface area contributed by atoms with Gasteiger partial charge in [-0.2, -0.15) is 9.37 Å². The van der Waals surface area contributed by atoms with Crippen molar-refractivity contribution < 1.29 is 23.8 Å². The third-order valence-corrected chi connectivity index (χ3v) is 2.56. The molecular weight excluding hydrogens is 267 g/mol. The predicted octanol–water partition coefficient (Wildman–Crippen LogP) is 2.42. The van der Waals surface area contributed by atoms with Crippen molar-refractivity contribution in [1.82, 2.24) is 9.97 Å². The number of halogens is 1. The zero-order valence-electron chi connectivity index (χ0n) is 10.8. The SMILES string of the molecule is COc1ccc(C(=O)O)c(Oc2ncnc(C)c2F)c1. The summed E-state index contributed by atoms with van der Waals surface area (Å²) in [6.07, 6.45) is 1.13. The fourth-order valence-electron chi connectivity index (χ4n) is 1.50. The van der Waals surface area contributed by atoms with Crippen molar-refractivity contribution >= 4 is 5.97 Å². The highest BCUT2D eigenvalue weighted by Gasteiger charge is 2.17. The lowest BCUT2D eigenvalue weighted by atomic mass is 10.2. The number of aromatic carboxylic acids is 1. The van der Waals surface area contributed by atoms with Crippen LogP contribution in [0.1, 0.15) is 16.1 Å². The highest BCUT2D eigenvalue weighted by Crippen LogP contribution is 2.30. The molecule has 0 saturated heterocycles. The molecule has 0 unspecified atom stereocenters. The molecule has 0 aliphatic carbocycles. The lowest BCUT2D eigenvalue weighted by molar-refractivity contribution is 0.0694. The zero-order chi connectivity index (χ0) is 14.7. The Kier molecular flexibility index (Phi) is 3.79. The van der Waals surface area contributed by atoms with E-state index in [-0.39, 0.29) is 22.9 Å². The van der Waals surface area contributed by atoms with Gasteiger partial charge < -0.3 is 14.6 Å². The van der Waals surface area contributed by atoms with Crippen molar-refractivity contribution in [2.24, 2.45) is 0 Å². The number of hydrogen-bond donors (Lipinski definition) is 1. The molecule has 0 aliphatic heterocycles. The average molecular weight is 278 g/mol. The van der Waals surface area contributed by atoms with Crippen LogP contribution in [0.4, 0.5) is 4.39 Å². The highest BCUT2D eigenvalue weighted by molar-refractivity contribution is 5.91. The van der Waals surface area contributed by atoms with Crippen LogP contribution in [0.5, 0.6) is 17.4 Å². The van der Waals surface area contributed by atoms with Crippen LogP contribution in [-0.2, 0) is 0 Å². The number of carboxylic acids is 1. The molecule has 0 radical (unpaired) electrons. The molecule has 20 heavy (non-hydrogen) atoms. The molecule has 6 nitrogen and oxygen atoms in total. The molecule has 1 N–H and O–H groups in total. The number of aromatic nitrogens is 2. The summed E-state index contributed by atoms with van der Waals surface area (Å²) in [5, 5.41) is 9.08. The van der Waals surface area contributed by atoms with Crippen molar-refractivity contribution in [1.29, 1.82) is 0 Å². The Labute approximate surface area is 113 Å². The maximum atomic E-state index is 13.8. The summed E-state index contributed by atoms with van der Waals surface area (Å²) >= 11 is 0. The number of benzene rings is 1. The molecule has 0 atom stereocenters. The summed E-state index contributed by atoms with van der Waals surface area (Å²) in [6, 6.07) is 4.13. The van der Waals surface area contributed by atoms with Crippen LogP contribution in [0.3, 0.4) is 0 Å². The number of carbonyl (C=O) groups is 1. The topological polar surface area (TPSA) is 81.5 Å². The lowest BCUT2D eigenvalue weighted by Crippen LogP contribution is -2.03. The number of aryl methyl sites for hydroxylation is 1. The van der Waals surface area contributed by atoms with Gasteiger partial charge in [-0.05, 0) is 19.1 Å². The Balaban J connectivity index is 2.46. The van der Waals surface area contributed by atoms with Crippen molar-refractivity contribution in [3.63, 3.8) is 0 Å². The van der Waals surface area contributed by atoms with E-state index in [1.54, 1.807) is 0 Å². The number of rotatable bonds is 4. The minimum Gasteiger partial charge on any atom is -0.497 e. The van der Waals surface area contributed by atoms with Gasteiger partial charge in [0.1, 0.15) is 23.4 Å². The number of carboxylic acid groups (broad SMARTS) is 1. The zero-order valence-corrected chi connectivity index (χ0v) is 10.8. The van der Waals surface area contributed by atoms with E-state index in [0.29, 0.717) is 5.75 Å². The molecule has 0 spiro atoms. The maximum Gasteiger partial charge on any atom is 0.339 e. The molecule has 104 valence electrons. The van der Waals surface area contributed by atoms with Crippen LogP contribution < -0.4 is 9.47 Å². The predicted molar refractivity (Wildman–Crippen MR) is 66.8 cm³/mol. The van der Waals surface area contributed by atoms with Gasteiger partial charge in [-0.1, -0.05) is 0 Å².